The maximum Gasteiger partial charge on any atom is 0.233 e. The molecule has 0 aliphatic carbocycles. The lowest BCUT2D eigenvalue weighted by molar-refractivity contribution is 0.465. The molecule has 0 aliphatic heterocycles. The van der Waals surface area contributed by atoms with E-state index in [2.05, 4.69) is 48.0 Å². The van der Waals surface area contributed by atoms with E-state index in [0.29, 0.717) is 5.88 Å². The predicted octanol–water partition coefficient (Wildman–Crippen LogP) is 3.84. The number of hydrogen-bond acceptors (Lipinski definition) is 4. The molecule has 5 heteroatoms. The Hall–Kier alpha value is -2.43. The fourth-order valence-electron chi connectivity index (χ4n) is 2.31. The van der Waals surface area contributed by atoms with Crippen molar-refractivity contribution in [3.05, 3.63) is 42.4 Å². The first kappa shape index (κ1) is 14.5. The molecule has 1 aromatic carbocycles. The van der Waals surface area contributed by atoms with Crippen molar-refractivity contribution in [1.29, 1.82) is 0 Å². The van der Waals surface area contributed by atoms with E-state index in [-0.39, 0.29) is 5.41 Å². The summed E-state index contributed by atoms with van der Waals surface area (Å²) in [5.74, 6) is 1.29. The summed E-state index contributed by atoms with van der Waals surface area (Å²) >= 11 is 0. The summed E-state index contributed by atoms with van der Waals surface area (Å²) in [6.07, 6.45) is 4.31. The number of rotatable bonds is 4. The van der Waals surface area contributed by atoms with Crippen LogP contribution < -0.4 is 4.74 Å². The molecule has 0 spiro atoms. The molecule has 22 heavy (non-hydrogen) atoms. The average Bonchev–Trinajstić information content (AvgIpc) is 2.91. The zero-order chi connectivity index (χ0) is 15.7. The molecule has 3 rings (SSSR count). The minimum atomic E-state index is 0.171. The first-order valence-corrected chi connectivity index (χ1v) is 7.42. The Morgan fingerprint density at radius 2 is 1.86 bits per heavy atom. The summed E-state index contributed by atoms with van der Waals surface area (Å²) in [5.41, 5.74) is 2.23. The topological polar surface area (TPSA) is 52.8 Å². The van der Waals surface area contributed by atoms with E-state index >= 15 is 0 Å². The Labute approximate surface area is 130 Å². The SMILES string of the molecule is CCC(C)(C)c1ccc(Oc2ncnc3c2cnn3C)cc1. The molecular formula is C17H20N4O. The minimum absolute atomic E-state index is 0.171. The molecular weight excluding hydrogens is 276 g/mol. The first-order valence-electron chi connectivity index (χ1n) is 7.42. The van der Waals surface area contributed by atoms with Crippen molar-refractivity contribution in [2.75, 3.05) is 0 Å². The van der Waals surface area contributed by atoms with E-state index in [0.717, 1.165) is 23.2 Å². The van der Waals surface area contributed by atoms with Crippen molar-refractivity contribution in [3.8, 4) is 11.6 Å². The molecule has 0 saturated heterocycles. The summed E-state index contributed by atoms with van der Waals surface area (Å²) < 4.78 is 7.61. The molecule has 0 amide bonds. The number of hydrogen-bond donors (Lipinski definition) is 0. The van der Waals surface area contributed by atoms with Crippen LogP contribution in [0.4, 0.5) is 0 Å². The van der Waals surface area contributed by atoms with E-state index in [1.165, 1.54) is 11.9 Å². The van der Waals surface area contributed by atoms with Crippen LogP contribution >= 0.6 is 0 Å². The molecule has 0 bridgehead atoms. The summed E-state index contributed by atoms with van der Waals surface area (Å²) in [7, 11) is 1.85. The van der Waals surface area contributed by atoms with Gasteiger partial charge in [0.2, 0.25) is 5.88 Å². The summed E-state index contributed by atoms with van der Waals surface area (Å²) in [6.45, 7) is 6.68. The molecule has 2 aromatic heterocycles. The quantitative estimate of drug-likeness (QED) is 0.734. The van der Waals surface area contributed by atoms with Gasteiger partial charge in [-0.2, -0.15) is 5.10 Å². The Balaban J connectivity index is 1.89. The van der Waals surface area contributed by atoms with Crippen molar-refractivity contribution in [2.45, 2.75) is 32.6 Å². The van der Waals surface area contributed by atoms with E-state index in [9.17, 15) is 0 Å². The van der Waals surface area contributed by atoms with E-state index < -0.39 is 0 Å². The maximum absolute atomic E-state index is 5.90. The van der Waals surface area contributed by atoms with Crippen LogP contribution in [-0.2, 0) is 12.5 Å². The number of aryl methyl sites for hydroxylation is 1. The van der Waals surface area contributed by atoms with Gasteiger partial charge >= 0.3 is 0 Å². The standard InChI is InChI=1S/C17H20N4O/c1-5-17(2,3)12-6-8-13(9-7-12)22-16-14-10-20-21(4)15(14)18-11-19-16/h6-11H,5H2,1-4H3. The number of fused-ring (bicyclic) bond motifs is 1. The van der Waals surface area contributed by atoms with Crippen LogP contribution in [0.15, 0.2) is 36.8 Å². The highest BCUT2D eigenvalue weighted by Gasteiger charge is 2.18. The average molecular weight is 296 g/mol. The van der Waals surface area contributed by atoms with Crippen LogP contribution in [0, 0.1) is 0 Å². The molecule has 5 nitrogen and oxygen atoms in total. The third-order valence-corrected chi connectivity index (χ3v) is 4.23. The van der Waals surface area contributed by atoms with E-state index in [1.807, 2.05) is 19.2 Å². The molecule has 0 aliphatic rings. The summed E-state index contributed by atoms with van der Waals surface area (Å²) in [5, 5.41) is 5.00. The van der Waals surface area contributed by atoms with Crippen LogP contribution in [-0.4, -0.2) is 19.7 Å². The Morgan fingerprint density at radius 3 is 2.55 bits per heavy atom. The van der Waals surface area contributed by atoms with Crippen LogP contribution in [0.3, 0.4) is 0 Å². The molecule has 0 saturated carbocycles. The Kier molecular flexibility index (Phi) is 3.56. The van der Waals surface area contributed by atoms with E-state index in [1.54, 1.807) is 10.9 Å². The number of ether oxygens (including phenoxy) is 1. The van der Waals surface area contributed by atoms with Crippen LogP contribution in [0.2, 0.25) is 0 Å². The zero-order valence-electron chi connectivity index (χ0n) is 13.4. The zero-order valence-corrected chi connectivity index (χ0v) is 13.4. The fraction of sp³-hybridized carbons (Fsp3) is 0.353. The lowest BCUT2D eigenvalue weighted by Gasteiger charge is -2.23. The van der Waals surface area contributed by atoms with Gasteiger partial charge in [0.05, 0.1) is 6.20 Å². The predicted molar refractivity (Wildman–Crippen MR) is 86.1 cm³/mol. The maximum atomic E-state index is 5.90. The molecule has 114 valence electrons. The van der Waals surface area contributed by atoms with Crippen molar-refractivity contribution in [2.24, 2.45) is 7.05 Å². The molecule has 3 aromatic rings. The van der Waals surface area contributed by atoms with Crippen LogP contribution in [0.25, 0.3) is 11.0 Å². The molecule has 2 heterocycles. The van der Waals surface area contributed by atoms with Crippen LogP contribution in [0.5, 0.6) is 11.6 Å². The van der Waals surface area contributed by atoms with Crippen molar-refractivity contribution >= 4 is 11.0 Å². The summed E-state index contributed by atoms with van der Waals surface area (Å²) in [4.78, 5) is 8.43. The largest absolute Gasteiger partial charge is 0.438 e. The number of benzene rings is 1. The second-order valence-electron chi connectivity index (χ2n) is 6.05. The van der Waals surface area contributed by atoms with Gasteiger partial charge in [0, 0.05) is 7.05 Å². The Morgan fingerprint density at radius 1 is 1.14 bits per heavy atom. The second-order valence-corrected chi connectivity index (χ2v) is 6.05. The molecule has 0 unspecified atom stereocenters. The first-order chi connectivity index (χ1) is 10.5. The highest BCUT2D eigenvalue weighted by molar-refractivity contribution is 5.79. The van der Waals surface area contributed by atoms with Gasteiger partial charge in [-0.05, 0) is 29.5 Å². The highest BCUT2D eigenvalue weighted by Crippen LogP contribution is 2.30. The van der Waals surface area contributed by atoms with Gasteiger partial charge in [-0.1, -0.05) is 32.9 Å². The van der Waals surface area contributed by atoms with Crippen molar-refractivity contribution < 1.29 is 4.74 Å². The molecule has 0 atom stereocenters. The second kappa shape index (κ2) is 5.40. The van der Waals surface area contributed by atoms with Crippen LogP contribution in [0.1, 0.15) is 32.8 Å². The third kappa shape index (κ3) is 2.54. The van der Waals surface area contributed by atoms with Gasteiger partial charge in [-0.25, -0.2) is 9.97 Å². The van der Waals surface area contributed by atoms with Crippen molar-refractivity contribution in [3.63, 3.8) is 0 Å². The monoisotopic (exact) mass is 296 g/mol. The van der Waals surface area contributed by atoms with E-state index in [4.69, 9.17) is 4.74 Å². The van der Waals surface area contributed by atoms with Gasteiger partial charge in [-0.15, -0.1) is 0 Å². The van der Waals surface area contributed by atoms with Gasteiger partial charge in [0.15, 0.2) is 5.65 Å². The van der Waals surface area contributed by atoms with Gasteiger partial charge in [-0.3, -0.25) is 4.68 Å². The third-order valence-electron chi connectivity index (χ3n) is 4.23. The summed E-state index contributed by atoms with van der Waals surface area (Å²) in [6, 6.07) is 8.19. The molecule has 0 N–H and O–H groups in total. The highest BCUT2D eigenvalue weighted by atomic mass is 16.5. The van der Waals surface area contributed by atoms with Gasteiger partial charge in [0.1, 0.15) is 17.5 Å². The van der Waals surface area contributed by atoms with Gasteiger partial charge < -0.3 is 4.74 Å². The Bertz CT molecular complexity index is 790. The lowest BCUT2D eigenvalue weighted by atomic mass is 9.82. The number of aromatic nitrogens is 4. The minimum Gasteiger partial charge on any atom is -0.438 e. The van der Waals surface area contributed by atoms with Crippen molar-refractivity contribution in [1.82, 2.24) is 19.7 Å². The lowest BCUT2D eigenvalue weighted by Crippen LogP contribution is -2.14. The number of nitrogens with zero attached hydrogens (tertiary/aromatic N) is 4. The molecule has 0 fully saturated rings. The fourth-order valence-corrected chi connectivity index (χ4v) is 2.31. The smallest absolute Gasteiger partial charge is 0.233 e. The van der Waals surface area contributed by atoms with Gasteiger partial charge in [0.25, 0.3) is 0 Å². The molecule has 0 radical (unpaired) electrons. The normalized spacial score (nSPS) is 11.8.